The topological polar surface area (TPSA) is 15.3 Å². The average molecular weight is 265 g/mol. The summed E-state index contributed by atoms with van der Waals surface area (Å²) in [4.78, 5) is 2.65. The summed E-state index contributed by atoms with van der Waals surface area (Å²) < 4.78 is 0. The van der Waals surface area contributed by atoms with Gasteiger partial charge in [0.2, 0.25) is 0 Å². The molecule has 1 aromatic rings. The number of hydrogen-bond acceptors (Lipinski definition) is 2. The molecule has 2 atom stereocenters. The van der Waals surface area contributed by atoms with Crippen molar-refractivity contribution >= 4 is 17.3 Å². The Bertz CT molecular complexity index is 389. The van der Waals surface area contributed by atoms with Crippen molar-refractivity contribution in [2.24, 2.45) is 0 Å². The second-order valence-electron chi connectivity index (χ2n) is 5.58. The molecule has 2 fully saturated rings. The molecule has 2 bridgehead atoms. The van der Waals surface area contributed by atoms with Gasteiger partial charge in [-0.3, -0.25) is 0 Å². The Morgan fingerprint density at radius 1 is 1.11 bits per heavy atom. The third-order valence-electron chi connectivity index (χ3n) is 4.51. The number of anilines is 1. The van der Waals surface area contributed by atoms with Gasteiger partial charge in [-0.25, -0.2) is 0 Å². The first-order valence-corrected chi connectivity index (χ1v) is 7.37. The Labute approximate surface area is 114 Å². The van der Waals surface area contributed by atoms with E-state index in [0.29, 0.717) is 18.1 Å². The molecule has 1 aromatic carbocycles. The molecule has 0 amide bonds. The van der Waals surface area contributed by atoms with Crippen molar-refractivity contribution in [3.05, 3.63) is 29.3 Å². The summed E-state index contributed by atoms with van der Waals surface area (Å²) in [5, 5.41) is 4.29. The lowest BCUT2D eigenvalue weighted by molar-refractivity contribution is 0.252. The number of hydrogen-bond donors (Lipinski definition) is 1. The highest BCUT2D eigenvalue weighted by molar-refractivity contribution is 6.30. The van der Waals surface area contributed by atoms with E-state index in [4.69, 9.17) is 11.6 Å². The number of piperidine rings is 2. The molecule has 2 aliphatic rings. The third kappa shape index (κ3) is 2.24. The Balaban J connectivity index is 1.85. The molecule has 0 spiro atoms. The van der Waals surface area contributed by atoms with E-state index in [0.717, 1.165) is 5.02 Å². The van der Waals surface area contributed by atoms with Gasteiger partial charge in [-0.1, -0.05) is 11.6 Å². The van der Waals surface area contributed by atoms with Gasteiger partial charge in [0, 0.05) is 28.8 Å². The summed E-state index contributed by atoms with van der Waals surface area (Å²) in [6.45, 7) is 0. The van der Waals surface area contributed by atoms with E-state index in [-0.39, 0.29) is 0 Å². The molecule has 2 aliphatic heterocycles. The number of nitrogens with zero attached hydrogens (tertiary/aromatic N) is 1. The standard InChI is InChI=1S/C15H21ClN2/c1-17-12-9-14-3-2-4-15(10-12)18(14)13-7-5-11(16)6-8-13/h5-8,12,14-15,17H,2-4,9-10H2,1H3. The first kappa shape index (κ1) is 12.3. The van der Waals surface area contributed by atoms with Crippen LogP contribution in [0.5, 0.6) is 0 Å². The molecule has 1 N–H and O–H groups in total. The zero-order chi connectivity index (χ0) is 12.5. The second-order valence-corrected chi connectivity index (χ2v) is 6.02. The lowest BCUT2D eigenvalue weighted by atomic mass is 9.81. The van der Waals surface area contributed by atoms with Crippen LogP contribution in [0.25, 0.3) is 0 Å². The van der Waals surface area contributed by atoms with E-state index in [2.05, 4.69) is 29.4 Å². The van der Waals surface area contributed by atoms with Crippen molar-refractivity contribution in [1.29, 1.82) is 0 Å². The maximum absolute atomic E-state index is 5.99. The molecule has 0 saturated carbocycles. The van der Waals surface area contributed by atoms with E-state index in [1.54, 1.807) is 0 Å². The van der Waals surface area contributed by atoms with Gasteiger partial charge >= 0.3 is 0 Å². The summed E-state index contributed by atoms with van der Waals surface area (Å²) in [6, 6.07) is 10.5. The summed E-state index contributed by atoms with van der Waals surface area (Å²) in [7, 11) is 2.10. The summed E-state index contributed by atoms with van der Waals surface area (Å²) in [5.74, 6) is 0. The molecule has 0 aromatic heterocycles. The molecule has 18 heavy (non-hydrogen) atoms. The highest BCUT2D eigenvalue weighted by Crippen LogP contribution is 2.37. The highest BCUT2D eigenvalue weighted by atomic mass is 35.5. The monoisotopic (exact) mass is 264 g/mol. The molecule has 3 heteroatoms. The SMILES string of the molecule is CNC1CC2CCCC(C1)N2c1ccc(Cl)cc1. The molecule has 0 radical (unpaired) electrons. The minimum atomic E-state index is 0.698. The van der Waals surface area contributed by atoms with Crippen molar-refractivity contribution in [3.8, 4) is 0 Å². The summed E-state index contributed by atoms with van der Waals surface area (Å²) >= 11 is 5.99. The molecular formula is C15H21ClN2. The van der Waals surface area contributed by atoms with Crippen LogP contribution in [0, 0.1) is 0 Å². The Morgan fingerprint density at radius 3 is 2.28 bits per heavy atom. The Hall–Kier alpha value is -0.730. The molecular weight excluding hydrogens is 244 g/mol. The van der Waals surface area contributed by atoms with Crippen molar-refractivity contribution in [2.45, 2.75) is 50.2 Å². The zero-order valence-corrected chi connectivity index (χ0v) is 11.7. The lowest BCUT2D eigenvalue weighted by Gasteiger charge is -2.50. The number of benzene rings is 1. The van der Waals surface area contributed by atoms with Crippen LogP contribution in [-0.2, 0) is 0 Å². The average Bonchev–Trinajstić information content (AvgIpc) is 2.38. The molecule has 2 nitrogen and oxygen atoms in total. The van der Waals surface area contributed by atoms with Gasteiger partial charge in [-0.05, 0) is 63.4 Å². The highest BCUT2D eigenvalue weighted by Gasteiger charge is 2.37. The number of nitrogens with one attached hydrogen (secondary N) is 1. The summed E-state index contributed by atoms with van der Waals surface area (Å²) in [5.41, 5.74) is 1.35. The van der Waals surface area contributed by atoms with Crippen LogP contribution in [-0.4, -0.2) is 25.2 Å². The van der Waals surface area contributed by atoms with E-state index >= 15 is 0 Å². The van der Waals surface area contributed by atoms with Crippen LogP contribution in [0.3, 0.4) is 0 Å². The summed E-state index contributed by atoms with van der Waals surface area (Å²) in [6.07, 6.45) is 6.59. The van der Waals surface area contributed by atoms with Crippen molar-refractivity contribution in [3.63, 3.8) is 0 Å². The number of fused-ring (bicyclic) bond motifs is 2. The molecule has 2 saturated heterocycles. The van der Waals surface area contributed by atoms with Gasteiger partial charge in [0.1, 0.15) is 0 Å². The lowest BCUT2D eigenvalue weighted by Crippen LogP contribution is -2.56. The zero-order valence-electron chi connectivity index (χ0n) is 10.9. The van der Waals surface area contributed by atoms with Gasteiger partial charge in [0.15, 0.2) is 0 Å². The molecule has 0 aliphatic carbocycles. The fourth-order valence-corrected chi connectivity index (χ4v) is 3.78. The van der Waals surface area contributed by atoms with Crippen LogP contribution >= 0.6 is 11.6 Å². The van der Waals surface area contributed by atoms with Crippen LogP contribution < -0.4 is 10.2 Å². The van der Waals surface area contributed by atoms with E-state index in [9.17, 15) is 0 Å². The minimum absolute atomic E-state index is 0.698. The predicted molar refractivity (Wildman–Crippen MR) is 77.4 cm³/mol. The Morgan fingerprint density at radius 2 is 1.72 bits per heavy atom. The fourth-order valence-electron chi connectivity index (χ4n) is 3.65. The molecule has 98 valence electrons. The second kappa shape index (κ2) is 5.10. The van der Waals surface area contributed by atoms with Crippen molar-refractivity contribution in [2.75, 3.05) is 11.9 Å². The van der Waals surface area contributed by atoms with Gasteiger partial charge in [0.05, 0.1) is 0 Å². The molecule has 2 unspecified atom stereocenters. The predicted octanol–water partition coefficient (Wildman–Crippen LogP) is 3.45. The van der Waals surface area contributed by atoms with Crippen LogP contribution in [0.2, 0.25) is 5.02 Å². The van der Waals surface area contributed by atoms with Crippen LogP contribution in [0.15, 0.2) is 24.3 Å². The van der Waals surface area contributed by atoms with E-state index in [1.165, 1.54) is 37.8 Å². The minimum Gasteiger partial charge on any atom is -0.365 e. The third-order valence-corrected chi connectivity index (χ3v) is 4.76. The fraction of sp³-hybridized carbons (Fsp3) is 0.600. The van der Waals surface area contributed by atoms with Gasteiger partial charge < -0.3 is 10.2 Å². The molecule has 3 rings (SSSR count). The quantitative estimate of drug-likeness (QED) is 0.880. The first-order valence-electron chi connectivity index (χ1n) is 6.99. The maximum Gasteiger partial charge on any atom is 0.0407 e. The first-order chi connectivity index (χ1) is 8.78. The van der Waals surface area contributed by atoms with Crippen molar-refractivity contribution in [1.82, 2.24) is 5.32 Å². The smallest absolute Gasteiger partial charge is 0.0407 e. The normalized spacial score (nSPS) is 31.4. The van der Waals surface area contributed by atoms with Gasteiger partial charge in [0.25, 0.3) is 0 Å². The largest absolute Gasteiger partial charge is 0.365 e. The maximum atomic E-state index is 5.99. The van der Waals surface area contributed by atoms with Crippen LogP contribution in [0.1, 0.15) is 32.1 Å². The van der Waals surface area contributed by atoms with Crippen molar-refractivity contribution < 1.29 is 0 Å². The van der Waals surface area contributed by atoms with Gasteiger partial charge in [-0.2, -0.15) is 0 Å². The molecule has 2 heterocycles. The Kier molecular flexibility index (Phi) is 3.49. The van der Waals surface area contributed by atoms with E-state index in [1.807, 2.05) is 12.1 Å². The van der Waals surface area contributed by atoms with Crippen LogP contribution in [0.4, 0.5) is 5.69 Å². The van der Waals surface area contributed by atoms with E-state index < -0.39 is 0 Å². The van der Waals surface area contributed by atoms with Gasteiger partial charge in [-0.15, -0.1) is 0 Å². The number of rotatable bonds is 2. The number of halogens is 1.